The van der Waals surface area contributed by atoms with Crippen molar-refractivity contribution in [3.8, 4) is 0 Å². The SMILES string of the molecule is Cc1cc2c(c(C)n1)C(C)C=CC=C2. The second-order valence-corrected chi connectivity index (χ2v) is 3.88. The van der Waals surface area contributed by atoms with Crippen LogP contribution < -0.4 is 0 Å². The molecule has 0 amide bonds. The first kappa shape index (κ1) is 9.20. The molecule has 72 valence electrons. The Morgan fingerprint density at radius 1 is 1.21 bits per heavy atom. The summed E-state index contributed by atoms with van der Waals surface area (Å²) >= 11 is 0. The Hall–Kier alpha value is -1.37. The number of aromatic nitrogens is 1. The van der Waals surface area contributed by atoms with Gasteiger partial charge in [-0.05, 0) is 31.0 Å². The average Bonchev–Trinajstić information content (AvgIpc) is 2.27. The number of rotatable bonds is 0. The first-order valence-corrected chi connectivity index (χ1v) is 5.01. The van der Waals surface area contributed by atoms with E-state index in [1.165, 1.54) is 11.1 Å². The summed E-state index contributed by atoms with van der Waals surface area (Å²) in [5.41, 5.74) is 4.93. The van der Waals surface area contributed by atoms with Crippen LogP contribution in [0.5, 0.6) is 0 Å². The molecule has 1 atom stereocenters. The molecule has 0 saturated carbocycles. The smallest absolute Gasteiger partial charge is 0.0419 e. The van der Waals surface area contributed by atoms with Crippen molar-refractivity contribution in [3.63, 3.8) is 0 Å². The maximum absolute atomic E-state index is 4.51. The van der Waals surface area contributed by atoms with Crippen LogP contribution in [0, 0.1) is 13.8 Å². The van der Waals surface area contributed by atoms with E-state index in [2.05, 4.69) is 49.2 Å². The van der Waals surface area contributed by atoms with Crippen LogP contribution in [0.4, 0.5) is 0 Å². The molecule has 1 heteroatoms. The Bertz CT molecular complexity index is 413. The maximum Gasteiger partial charge on any atom is 0.0419 e. The van der Waals surface area contributed by atoms with E-state index in [1.54, 1.807) is 0 Å². The highest BCUT2D eigenvalue weighted by atomic mass is 14.7. The van der Waals surface area contributed by atoms with Crippen LogP contribution in [0.2, 0.25) is 0 Å². The first-order valence-electron chi connectivity index (χ1n) is 5.01. The topological polar surface area (TPSA) is 12.9 Å². The van der Waals surface area contributed by atoms with Gasteiger partial charge in [0.1, 0.15) is 0 Å². The van der Waals surface area contributed by atoms with Crippen molar-refractivity contribution in [2.24, 2.45) is 0 Å². The highest BCUT2D eigenvalue weighted by molar-refractivity contribution is 5.60. The minimum atomic E-state index is 0.466. The van der Waals surface area contributed by atoms with Crippen LogP contribution in [-0.4, -0.2) is 4.98 Å². The minimum absolute atomic E-state index is 0.466. The van der Waals surface area contributed by atoms with Crippen LogP contribution >= 0.6 is 0 Å². The molecule has 1 aromatic rings. The van der Waals surface area contributed by atoms with Gasteiger partial charge in [0.05, 0.1) is 0 Å². The fourth-order valence-corrected chi connectivity index (χ4v) is 2.09. The summed E-state index contributed by atoms with van der Waals surface area (Å²) in [4.78, 5) is 4.51. The van der Waals surface area contributed by atoms with Crippen molar-refractivity contribution >= 4 is 6.08 Å². The maximum atomic E-state index is 4.51. The number of fused-ring (bicyclic) bond motifs is 1. The summed E-state index contributed by atoms with van der Waals surface area (Å²) in [6.07, 6.45) is 8.59. The van der Waals surface area contributed by atoms with Gasteiger partial charge in [0.25, 0.3) is 0 Å². The van der Waals surface area contributed by atoms with Gasteiger partial charge < -0.3 is 0 Å². The second kappa shape index (κ2) is 3.41. The zero-order valence-corrected chi connectivity index (χ0v) is 8.91. The highest BCUT2D eigenvalue weighted by Gasteiger charge is 2.12. The molecular formula is C13H15N. The molecule has 1 aliphatic carbocycles. The van der Waals surface area contributed by atoms with Gasteiger partial charge >= 0.3 is 0 Å². The summed E-state index contributed by atoms with van der Waals surface area (Å²) in [6.45, 7) is 6.35. The molecule has 1 unspecified atom stereocenters. The van der Waals surface area contributed by atoms with Crippen molar-refractivity contribution in [3.05, 3.63) is 46.8 Å². The Balaban J connectivity index is 2.67. The molecule has 0 radical (unpaired) electrons. The summed E-state index contributed by atoms with van der Waals surface area (Å²) < 4.78 is 0. The van der Waals surface area contributed by atoms with E-state index in [9.17, 15) is 0 Å². The number of hydrogen-bond acceptors (Lipinski definition) is 1. The summed E-state index contributed by atoms with van der Waals surface area (Å²) in [5.74, 6) is 0.466. The lowest BCUT2D eigenvalue weighted by molar-refractivity contribution is 0.918. The molecule has 0 aliphatic heterocycles. The van der Waals surface area contributed by atoms with Crippen LogP contribution in [0.1, 0.15) is 35.4 Å². The van der Waals surface area contributed by atoms with E-state index in [1.807, 2.05) is 6.92 Å². The number of hydrogen-bond donors (Lipinski definition) is 0. The molecule has 0 saturated heterocycles. The average molecular weight is 185 g/mol. The summed E-state index contributed by atoms with van der Waals surface area (Å²) in [7, 11) is 0. The molecule has 1 aromatic heterocycles. The molecule has 0 spiro atoms. The molecule has 1 nitrogen and oxygen atoms in total. The van der Waals surface area contributed by atoms with Crippen molar-refractivity contribution < 1.29 is 0 Å². The third-order valence-corrected chi connectivity index (χ3v) is 2.65. The Kier molecular flexibility index (Phi) is 2.24. The molecule has 0 aromatic carbocycles. The van der Waals surface area contributed by atoms with E-state index >= 15 is 0 Å². The quantitative estimate of drug-likeness (QED) is 0.603. The van der Waals surface area contributed by atoms with Gasteiger partial charge in [-0.15, -0.1) is 0 Å². The normalized spacial score (nSPS) is 19.2. The first-order chi connectivity index (χ1) is 6.68. The highest BCUT2D eigenvalue weighted by Crippen LogP contribution is 2.27. The van der Waals surface area contributed by atoms with Crippen molar-refractivity contribution in [1.82, 2.24) is 4.98 Å². The van der Waals surface area contributed by atoms with Gasteiger partial charge in [-0.3, -0.25) is 4.98 Å². The van der Waals surface area contributed by atoms with Crippen molar-refractivity contribution in [2.75, 3.05) is 0 Å². The Morgan fingerprint density at radius 3 is 2.79 bits per heavy atom. The van der Waals surface area contributed by atoms with Crippen LogP contribution in [0.15, 0.2) is 24.3 Å². The van der Waals surface area contributed by atoms with Gasteiger partial charge in [0.2, 0.25) is 0 Å². The lowest BCUT2D eigenvalue weighted by Gasteiger charge is -2.13. The summed E-state index contributed by atoms with van der Waals surface area (Å²) in [5, 5.41) is 0. The number of nitrogens with zero attached hydrogens (tertiary/aromatic N) is 1. The fraction of sp³-hybridized carbons (Fsp3) is 0.308. The molecular weight excluding hydrogens is 170 g/mol. The third kappa shape index (κ3) is 1.50. The Morgan fingerprint density at radius 2 is 2.00 bits per heavy atom. The van der Waals surface area contributed by atoms with E-state index in [0.717, 1.165) is 11.4 Å². The fourth-order valence-electron chi connectivity index (χ4n) is 2.09. The lowest BCUT2D eigenvalue weighted by Crippen LogP contribution is -2.00. The van der Waals surface area contributed by atoms with Crippen LogP contribution in [0.25, 0.3) is 6.08 Å². The second-order valence-electron chi connectivity index (χ2n) is 3.88. The van der Waals surface area contributed by atoms with Crippen molar-refractivity contribution in [1.29, 1.82) is 0 Å². The molecule has 0 fully saturated rings. The summed E-state index contributed by atoms with van der Waals surface area (Å²) in [6, 6.07) is 2.16. The predicted octanol–water partition coefficient (Wildman–Crippen LogP) is 3.38. The van der Waals surface area contributed by atoms with Crippen LogP contribution in [0.3, 0.4) is 0 Å². The van der Waals surface area contributed by atoms with Gasteiger partial charge in [0, 0.05) is 17.3 Å². The van der Waals surface area contributed by atoms with Crippen LogP contribution in [-0.2, 0) is 0 Å². The van der Waals surface area contributed by atoms with Crippen molar-refractivity contribution in [2.45, 2.75) is 26.7 Å². The molecule has 0 bridgehead atoms. The third-order valence-electron chi connectivity index (χ3n) is 2.65. The monoisotopic (exact) mass is 185 g/mol. The van der Waals surface area contributed by atoms with Gasteiger partial charge in [-0.25, -0.2) is 0 Å². The van der Waals surface area contributed by atoms with E-state index < -0.39 is 0 Å². The molecule has 0 N–H and O–H groups in total. The molecule has 1 heterocycles. The number of pyridine rings is 1. The molecule has 1 aliphatic rings. The molecule has 14 heavy (non-hydrogen) atoms. The number of aryl methyl sites for hydroxylation is 2. The number of allylic oxidation sites excluding steroid dienone is 3. The predicted molar refractivity (Wildman–Crippen MR) is 60.3 cm³/mol. The standard InChI is InChI=1S/C13H15N/c1-9-6-4-5-7-12-8-10(2)14-11(3)13(9)12/h4-9H,1-3H3. The van der Waals surface area contributed by atoms with E-state index in [-0.39, 0.29) is 0 Å². The van der Waals surface area contributed by atoms with E-state index in [0.29, 0.717) is 5.92 Å². The zero-order valence-electron chi connectivity index (χ0n) is 8.91. The minimum Gasteiger partial charge on any atom is -0.258 e. The van der Waals surface area contributed by atoms with Gasteiger partial charge in [-0.2, -0.15) is 0 Å². The van der Waals surface area contributed by atoms with E-state index in [4.69, 9.17) is 0 Å². The lowest BCUT2D eigenvalue weighted by atomic mass is 9.95. The zero-order chi connectivity index (χ0) is 10.1. The molecule has 2 rings (SSSR count). The largest absolute Gasteiger partial charge is 0.258 e. The van der Waals surface area contributed by atoms with Gasteiger partial charge in [0.15, 0.2) is 0 Å². The Labute approximate surface area is 85.2 Å². The van der Waals surface area contributed by atoms with Gasteiger partial charge in [-0.1, -0.05) is 31.2 Å².